The van der Waals surface area contributed by atoms with E-state index in [-0.39, 0.29) is 37.1 Å². The molecule has 1 aromatic carbocycles. The molecule has 0 N–H and O–H groups in total. The number of ketones is 1. The number of hydrogen-bond acceptors (Lipinski definition) is 5. The highest BCUT2D eigenvalue weighted by atomic mass is 16.2. The minimum atomic E-state index is -0.672. The fourth-order valence-electron chi connectivity index (χ4n) is 2.99. The first kappa shape index (κ1) is 18.5. The average Bonchev–Trinajstić information content (AvgIpc) is 3.09. The molecule has 8 nitrogen and oxygen atoms in total. The van der Waals surface area contributed by atoms with Gasteiger partial charge < -0.3 is 4.57 Å². The van der Waals surface area contributed by atoms with E-state index in [1.165, 1.54) is 20.0 Å². The lowest BCUT2D eigenvalue weighted by molar-refractivity contribution is -0.130. The Kier molecular flexibility index (Phi) is 5.44. The van der Waals surface area contributed by atoms with E-state index in [9.17, 15) is 19.2 Å². The summed E-state index contributed by atoms with van der Waals surface area (Å²) in [6.07, 6.45) is 3.03. The maximum atomic E-state index is 13.0. The molecular formula is C19H20N4O4. The lowest BCUT2D eigenvalue weighted by Gasteiger charge is -2.12. The van der Waals surface area contributed by atoms with Crippen molar-refractivity contribution in [3.8, 4) is 0 Å². The predicted octanol–water partition coefficient (Wildman–Crippen LogP) is 0.976. The number of rotatable bonds is 8. The van der Waals surface area contributed by atoms with Gasteiger partial charge in [0.2, 0.25) is 5.78 Å². The second kappa shape index (κ2) is 7.94. The van der Waals surface area contributed by atoms with Gasteiger partial charge in [-0.15, -0.1) is 0 Å². The van der Waals surface area contributed by atoms with Gasteiger partial charge in [-0.1, -0.05) is 43.7 Å². The highest BCUT2D eigenvalue weighted by Gasteiger charge is 2.19. The van der Waals surface area contributed by atoms with Crippen molar-refractivity contribution in [2.24, 2.45) is 0 Å². The summed E-state index contributed by atoms with van der Waals surface area (Å²) in [6.45, 7) is 2.22. The summed E-state index contributed by atoms with van der Waals surface area (Å²) in [5.41, 5.74) is 0.318. The van der Waals surface area contributed by atoms with Crippen LogP contribution in [0.3, 0.4) is 0 Å². The van der Waals surface area contributed by atoms with E-state index >= 15 is 0 Å². The van der Waals surface area contributed by atoms with Gasteiger partial charge >= 0.3 is 5.69 Å². The van der Waals surface area contributed by atoms with Gasteiger partial charge in [0.15, 0.2) is 17.5 Å². The Morgan fingerprint density at radius 2 is 1.89 bits per heavy atom. The summed E-state index contributed by atoms with van der Waals surface area (Å²) < 4.78 is 3.94. The van der Waals surface area contributed by atoms with Crippen molar-refractivity contribution in [1.29, 1.82) is 0 Å². The van der Waals surface area contributed by atoms with Crippen molar-refractivity contribution in [1.82, 2.24) is 18.7 Å². The van der Waals surface area contributed by atoms with E-state index in [1.807, 2.05) is 37.3 Å². The number of unbranched alkanes of at least 4 members (excludes halogenated alkanes) is 1. The van der Waals surface area contributed by atoms with Crippen LogP contribution in [-0.2, 0) is 29.2 Å². The predicted molar refractivity (Wildman–Crippen MR) is 99.8 cm³/mol. The van der Waals surface area contributed by atoms with E-state index in [1.54, 1.807) is 0 Å². The molecule has 140 valence electrons. The van der Waals surface area contributed by atoms with Crippen LogP contribution in [0.1, 0.15) is 25.3 Å². The van der Waals surface area contributed by atoms with Gasteiger partial charge in [0, 0.05) is 6.54 Å². The molecule has 8 heteroatoms. The van der Waals surface area contributed by atoms with Crippen LogP contribution in [0.4, 0.5) is 0 Å². The number of benzene rings is 1. The molecule has 0 aliphatic carbocycles. The molecular weight excluding hydrogens is 348 g/mol. The third-order valence-electron chi connectivity index (χ3n) is 4.36. The Balaban J connectivity index is 2.23. The summed E-state index contributed by atoms with van der Waals surface area (Å²) in [4.78, 5) is 52.3. The van der Waals surface area contributed by atoms with Crippen molar-refractivity contribution >= 4 is 23.2 Å². The van der Waals surface area contributed by atoms with Crippen LogP contribution in [0.15, 0.2) is 46.2 Å². The molecule has 3 rings (SSSR count). The van der Waals surface area contributed by atoms with Gasteiger partial charge in [-0.05, 0) is 12.0 Å². The van der Waals surface area contributed by atoms with Crippen LogP contribution in [-0.4, -0.2) is 30.8 Å². The van der Waals surface area contributed by atoms with Gasteiger partial charge in [0.05, 0.1) is 19.4 Å². The molecule has 0 aliphatic heterocycles. The van der Waals surface area contributed by atoms with Crippen LogP contribution < -0.4 is 11.2 Å². The van der Waals surface area contributed by atoms with Gasteiger partial charge in [-0.25, -0.2) is 9.78 Å². The van der Waals surface area contributed by atoms with E-state index in [4.69, 9.17) is 0 Å². The van der Waals surface area contributed by atoms with Crippen LogP contribution >= 0.6 is 0 Å². The molecule has 0 saturated carbocycles. The summed E-state index contributed by atoms with van der Waals surface area (Å²) >= 11 is 0. The fourth-order valence-corrected chi connectivity index (χ4v) is 2.99. The molecule has 0 fully saturated rings. The Labute approximate surface area is 154 Å². The molecule has 0 aliphatic rings. The third kappa shape index (κ3) is 3.64. The fraction of sp³-hybridized carbons (Fsp3) is 0.316. The largest absolute Gasteiger partial charge is 0.333 e. The topological polar surface area (TPSA) is 96.0 Å². The van der Waals surface area contributed by atoms with Crippen LogP contribution in [0.5, 0.6) is 0 Å². The van der Waals surface area contributed by atoms with Crippen LogP contribution in [0, 0.1) is 0 Å². The number of carbonyl (C=O) groups excluding carboxylic acids is 2. The highest BCUT2D eigenvalue weighted by Crippen LogP contribution is 2.10. The van der Waals surface area contributed by atoms with E-state index in [2.05, 4.69) is 4.98 Å². The molecule has 0 spiro atoms. The van der Waals surface area contributed by atoms with Crippen molar-refractivity contribution in [2.45, 2.75) is 39.4 Å². The summed E-state index contributed by atoms with van der Waals surface area (Å²) in [5, 5.41) is 0. The van der Waals surface area contributed by atoms with Crippen LogP contribution in [0.25, 0.3) is 11.2 Å². The van der Waals surface area contributed by atoms with E-state index in [0.717, 1.165) is 12.0 Å². The van der Waals surface area contributed by atoms with Crippen molar-refractivity contribution in [2.75, 3.05) is 0 Å². The standard InChI is InChI=1S/C19H20N4O4/c1-2-3-9-22-18(26)16-17(20-13-21(16)11-15(25)12-24)23(19(22)27)10-14-7-5-4-6-8-14/h4-8,12-13H,2-3,9-11H2,1H3. The molecule has 2 aromatic heterocycles. The zero-order chi connectivity index (χ0) is 19.4. The monoisotopic (exact) mass is 368 g/mol. The average molecular weight is 368 g/mol. The first-order valence-corrected chi connectivity index (χ1v) is 8.77. The Hall–Kier alpha value is -3.29. The third-order valence-corrected chi connectivity index (χ3v) is 4.36. The molecule has 0 unspecified atom stereocenters. The van der Waals surface area contributed by atoms with E-state index < -0.39 is 17.0 Å². The Morgan fingerprint density at radius 1 is 1.15 bits per heavy atom. The summed E-state index contributed by atoms with van der Waals surface area (Å²) in [5.74, 6) is -0.672. The number of nitrogens with zero attached hydrogens (tertiary/aromatic N) is 4. The minimum absolute atomic E-state index is 0.150. The molecule has 0 atom stereocenters. The zero-order valence-corrected chi connectivity index (χ0v) is 15.0. The number of imidazole rings is 1. The normalized spacial score (nSPS) is 11.0. The number of Topliss-reactive ketones (excluding diaryl/α,β-unsaturated/α-hetero) is 1. The number of hydrogen-bond donors (Lipinski definition) is 0. The number of aldehydes is 1. The Bertz CT molecular complexity index is 1090. The first-order chi connectivity index (χ1) is 13.1. The van der Waals surface area contributed by atoms with Crippen molar-refractivity contribution in [3.63, 3.8) is 0 Å². The molecule has 0 radical (unpaired) electrons. The number of aromatic nitrogens is 4. The molecule has 27 heavy (non-hydrogen) atoms. The SMILES string of the molecule is CCCCn1c(=O)c2c(ncn2CC(=O)C=O)n(Cc2ccccc2)c1=O. The lowest BCUT2D eigenvalue weighted by Crippen LogP contribution is -2.41. The molecule has 3 aromatic rings. The molecule has 0 bridgehead atoms. The quantitative estimate of drug-likeness (QED) is 0.436. The number of carbonyl (C=O) groups is 2. The molecule has 0 amide bonds. The van der Waals surface area contributed by atoms with Gasteiger partial charge in [0.1, 0.15) is 0 Å². The molecule has 0 saturated heterocycles. The Morgan fingerprint density at radius 3 is 2.56 bits per heavy atom. The molecule has 2 heterocycles. The highest BCUT2D eigenvalue weighted by molar-refractivity contribution is 6.24. The summed E-state index contributed by atoms with van der Waals surface area (Å²) in [6, 6.07) is 9.38. The van der Waals surface area contributed by atoms with Gasteiger partial charge in [-0.3, -0.25) is 23.5 Å². The second-order valence-electron chi connectivity index (χ2n) is 6.29. The van der Waals surface area contributed by atoms with Crippen molar-refractivity contribution < 1.29 is 9.59 Å². The van der Waals surface area contributed by atoms with E-state index in [0.29, 0.717) is 6.42 Å². The second-order valence-corrected chi connectivity index (χ2v) is 6.29. The maximum absolute atomic E-state index is 13.0. The zero-order valence-electron chi connectivity index (χ0n) is 15.0. The number of fused-ring (bicyclic) bond motifs is 1. The smallest absolute Gasteiger partial charge is 0.317 e. The summed E-state index contributed by atoms with van der Waals surface area (Å²) in [7, 11) is 0. The van der Waals surface area contributed by atoms with Gasteiger partial charge in [-0.2, -0.15) is 0 Å². The van der Waals surface area contributed by atoms with Gasteiger partial charge in [0.25, 0.3) is 5.56 Å². The first-order valence-electron chi connectivity index (χ1n) is 8.77. The lowest BCUT2D eigenvalue weighted by atomic mass is 10.2. The van der Waals surface area contributed by atoms with Crippen molar-refractivity contribution in [3.05, 3.63) is 63.1 Å². The maximum Gasteiger partial charge on any atom is 0.333 e. The van der Waals surface area contributed by atoms with Crippen LogP contribution in [0.2, 0.25) is 0 Å². The minimum Gasteiger partial charge on any atom is -0.317 e.